The summed E-state index contributed by atoms with van der Waals surface area (Å²) in [4.78, 5) is 17.1. The minimum atomic E-state index is -3.60. The summed E-state index contributed by atoms with van der Waals surface area (Å²) in [5.74, 6) is 1.56. The number of pyridine rings is 1. The van der Waals surface area contributed by atoms with Crippen LogP contribution in [0.15, 0.2) is 77.3 Å². The van der Waals surface area contributed by atoms with Gasteiger partial charge < -0.3 is 24.1 Å². The van der Waals surface area contributed by atoms with Crippen LogP contribution in [0.4, 0.5) is 17.1 Å². The topological polar surface area (TPSA) is 149 Å². The van der Waals surface area contributed by atoms with Gasteiger partial charge in [-0.1, -0.05) is 6.07 Å². The maximum atomic E-state index is 12.0. The van der Waals surface area contributed by atoms with Gasteiger partial charge in [0.25, 0.3) is 5.69 Å². The maximum absolute atomic E-state index is 12.0. The Bertz CT molecular complexity index is 1730. The number of methoxy groups -OCH3 is 2. The van der Waals surface area contributed by atoms with Crippen LogP contribution in [-0.4, -0.2) is 43.9 Å². The van der Waals surface area contributed by atoms with Gasteiger partial charge in [-0.25, -0.2) is 8.42 Å². The zero-order chi connectivity index (χ0) is 29.3. The summed E-state index contributed by atoms with van der Waals surface area (Å²) in [6.07, 6.45) is 2.73. The molecule has 0 unspecified atom stereocenters. The zero-order valence-electron chi connectivity index (χ0n) is 22.1. The van der Waals surface area contributed by atoms with Gasteiger partial charge in [-0.05, 0) is 60.7 Å². The molecule has 2 N–H and O–H groups in total. The van der Waals surface area contributed by atoms with E-state index in [1.165, 1.54) is 26.4 Å². The molecule has 0 bridgehead atoms. The third-order valence-electron chi connectivity index (χ3n) is 6.43. The van der Waals surface area contributed by atoms with E-state index in [4.69, 9.17) is 26.1 Å². The molecular weight excluding hydrogens is 570 g/mol. The van der Waals surface area contributed by atoms with E-state index >= 15 is 0 Å². The van der Waals surface area contributed by atoms with E-state index < -0.39 is 27.0 Å². The van der Waals surface area contributed by atoms with Crippen molar-refractivity contribution >= 4 is 44.4 Å². The molecule has 1 aliphatic heterocycles. The van der Waals surface area contributed by atoms with Gasteiger partial charge in [-0.2, -0.15) is 0 Å². The number of ether oxygens (including phenoxy) is 2. The lowest BCUT2D eigenvalue weighted by molar-refractivity contribution is -0.384. The van der Waals surface area contributed by atoms with Crippen molar-refractivity contribution in [3.8, 4) is 22.8 Å². The lowest BCUT2D eigenvalue weighted by atomic mass is 10.0. The van der Waals surface area contributed by atoms with Crippen LogP contribution in [-0.2, 0) is 10.0 Å². The number of hydrogen-bond acceptors (Lipinski definition) is 9. The summed E-state index contributed by atoms with van der Waals surface area (Å²) < 4.78 is 43.7. The fraction of sp³-hybridized carbons (Fsp3) is 0.185. The van der Waals surface area contributed by atoms with E-state index in [-0.39, 0.29) is 17.1 Å². The van der Waals surface area contributed by atoms with E-state index in [9.17, 15) is 18.5 Å². The molecule has 0 spiro atoms. The molecule has 12 nitrogen and oxygen atoms in total. The maximum Gasteiger partial charge on any atom is 0.273 e. The van der Waals surface area contributed by atoms with Crippen molar-refractivity contribution in [3.63, 3.8) is 0 Å². The number of rotatable bonds is 9. The van der Waals surface area contributed by atoms with Crippen LogP contribution in [0, 0.1) is 10.1 Å². The van der Waals surface area contributed by atoms with Crippen LogP contribution in [0.2, 0.25) is 0 Å². The molecule has 4 aromatic rings. The molecule has 0 saturated carbocycles. The standard InChI is InChI=1S/C27H25N5O7S2/c1-37-22-10-8-16(14-20(22)30-41(3,35)36)31-26(25(29-27(31)40)19-6-4-5-13-28-19)23-12-11-21(39-23)18-9-7-17(32(33)34)15-24(18)38-2/h4-15,25-26,30H,1-3H3,(H,29,40)/t25-,26+/m1/s1. The Morgan fingerprint density at radius 3 is 2.51 bits per heavy atom. The van der Waals surface area contributed by atoms with Crippen LogP contribution in [0.1, 0.15) is 23.5 Å². The Balaban J connectivity index is 1.62. The van der Waals surface area contributed by atoms with Gasteiger partial charge in [0.05, 0.1) is 54.5 Å². The van der Waals surface area contributed by atoms with Crippen LogP contribution in [0.3, 0.4) is 0 Å². The number of thiocarbonyl (C=S) groups is 1. The van der Waals surface area contributed by atoms with E-state index in [2.05, 4.69) is 15.0 Å². The Morgan fingerprint density at radius 2 is 1.85 bits per heavy atom. The molecule has 212 valence electrons. The summed E-state index contributed by atoms with van der Waals surface area (Å²) in [6, 6.07) is 17.4. The van der Waals surface area contributed by atoms with Crippen molar-refractivity contribution in [2.75, 3.05) is 30.1 Å². The number of nitro groups is 1. The van der Waals surface area contributed by atoms with Crippen molar-refractivity contribution in [1.29, 1.82) is 0 Å². The van der Waals surface area contributed by atoms with E-state index in [0.29, 0.717) is 39.3 Å². The fourth-order valence-electron chi connectivity index (χ4n) is 4.70. The smallest absolute Gasteiger partial charge is 0.273 e. The van der Waals surface area contributed by atoms with Gasteiger partial charge >= 0.3 is 0 Å². The lowest BCUT2D eigenvalue weighted by Gasteiger charge is -2.27. The van der Waals surface area contributed by atoms with Gasteiger partial charge in [0, 0.05) is 18.0 Å². The van der Waals surface area contributed by atoms with Crippen LogP contribution < -0.4 is 24.4 Å². The predicted octanol–water partition coefficient (Wildman–Crippen LogP) is 4.82. The second kappa shape index (κ2) is 11.1. The number of anilines is 2. The molecule has 2 aromatic heterocycles. The second-order valence-electron chi connectivity index (χ2n) is 9.10. The van der Waals surface area contributed by atoms with Crippen LogP contribution >= 0.6 is 12.2 Å². The molecule has 0 aliphatic carbocycles. The van der Waals surface area contributed by atoms with Gasteiger partial charge in [-0.15, -0.1) is 0 Å². The number of nitrogens with zero attached hydrogens (tertiary/aromatic N) is 3. The first kappa shape index (κ1) is 27.9. The molecular formula is C27H25N5O7S2. The minimum absolute atomic E-state index is 0.109. The molecule has 1 saturated heterocycles. The van der Waals surface area contributed by atoms with Crippen molar-refractivity contribution in [1.82, 2.24) is 10.3 Å². The number of benzene rings is 2. The van der Waals surface area contributed by atoms with Crippen molar-refractivity contribution < 1.29 is 27.2 Å². The van der Waals surface area contributed by atoms with Gasteiger partial charge in [-0.3, -0.25) is 19.8 Å². The van der Waals surface area contributed by atoms with E-state index in [1.807, 2.05) is 23.1 Å². The number of nitro benzene ring substituents is 1. The highest BCUT2D eigenvalue weighted by Gasteiger charge is 2.43. The lowest BCUT2D eigenvalue weighted by Crippen LogP contribution is -2.29. The van der Waals surface area contributed by atoms with Gasteiger partial charge in [0.1, 0.15) is 29.1 Å². The number of furan rings is 1. The minimum Gasteiger partial charge on any atom is -0.496 e. The second-order valence-corrected chi connectivity index (χ2v) is 11.2. The largest absolute Gasteiger partial charge is 0.496 e. The zero-order valence-corrected chi connectivity index (χ0v) is 23.7. The van der Waals surface area contributed by atoms with Crippen molar-refractivity contribution in [3.05, 3.63) is 94.5 Å². The van der Waals surface area contributed by atoms with Crippen molar-refractivity contribution in [2.45, 2.75) is 12.1 Å². The Labute approximate surface area is 241 Å². The SMILES string of the molecule is COc1ccc(N2C(=S)N[C@H](c3ccccn3)[C@@H]2c2ccc(-c3ccc([N+](=O)[O-])cc3OC)o2)cc1NS(C)(=O)=O. The Kier molecular flexibility index (Phi) is 7.51. The van der Waals surface area contributed by atoms with Crippen molar-refractivity contribution in [2.24, 2.45) is 0 Å². The Hall–Kier alpha value is -4.69. The van der Waals surface area contributed by atoms with Crippen LogP contribution in [0.5, 0.6) is 11.5 Å². The molecule has 14 heteroatoms. The molecule has 2 atom stereocenters. The number of sulfonamides is 1. The first-order valence-corrected chi connectivity index (χ1v) is 14.5. The summed E-state index contributed by atoms with van der Waals surface area (Å²) >= 11 is 5.76. The highest BCUT2D eigenvalue weighted by Crippen LogP contribution is 2.45. The summed E-state index contributed by atoms with van der Waals surface area (Å²) in [7, 11) is -0.732. The highest BCUT2D eigenvalue weighted by atomic mass is 32.2. The molecule has 0 radical (unpaired) electrons. The van der Waals surface area contributed by atoms with Gasteiger partial charge in [0.15, 0.2) is 5.11 Å². The highest BCUT2D eigenvalue weighted by molar-refractivity contribution is 7.92. The van der Waals surface area contributed by atoms with Gasteiger partial charge in [0.2, 0.25) is 10.0 Å². The first-order chi connectivity index (χ1) is 19.6. The van der Waals surface area contributed by atoms with E-state index in [0.717, 1.165) is 6.26 Å². The summed E-state index contributed by atoms with van der Waals surface area (Å²) in [6.45, 7) is 0. The number of nitrogens with one attached hydrogen (secondary N) is 2. The molecule has 2 aromatic carbocycles. The Morgan fingerprint density at radius 1 is 1.07 bits per heavy atom. The molecule has 41 heavy (non-hydrogen) atoms. The summed E-state index contributed by atoms with van der Waals surface area (Å²) in [5, 5.41) is 14.9. The normalized spacial score (nSPS) is 16.8. The molecule has 1 fully saturated rings. The molecule has 1 aliphatic rings. The fourth-order valence-corrected chi connectivity index (χ4v) is 5.61. The first-order valence-electron chi connectivity index (χ1n) is 12.2. The number of aromatic nitrogens is 1. The molecule has 5 rings (SSSR count). The van der Waals surface area contributed by atoms with E-state index in [1.54, 1.807) is 42.6 Å². The predicted molar refractivity (Wildman–Crippen MR) is 157 cm³/mol. The molecule has 0 amide bonds. The quantitative estimate of drug-likeness (QED) is 0.156. The number of hydrogen-bond donors (Lipinski definition) is 2. The monoisotopic (exact) mass is 595 g/mol. The third kappa shape index (κ3) is 5.64. The summed E-state index contributed by atoms with van der Waals surface area (Å²) in [5.41, 5.74) is 1.94. The number of non-ortho nitro benzene ring substituents is 1. The third-order valence-corrected chi connectivity index (χ3v) is 7.34. The average molecular weight is 596 g/mol. The average Bonchev–Trinajstić information content (AvgIpc) is 3.56. The van der Waals surface area contributed by atoms with Crippen LogP contribution in [0.25, 0.3) is 11.3 Å². The molecule has 3 heterocycles.